The number of carbonyl (C=O) groups excluding carboxylic acids is 1. The second-order valence-corrected chi connectivity index (χ2v) is 3.80. The second kappa shape index (κ2) is 5.01. The fourth-order valence-electron chi connectivity index (χ4n) is 1.39. The van der Waals surface area contributed by atoms with E-state index < -0.39 is 5.97 Å². The SMILES string of the molecule is CCOC(=O)c1cn(-c2ccc(Cl)cc2)cn1. The molecule has 1 heterocycles. The van der Waals surface area contributed by atoms with Gasteiger partial charge in [0.1, 0.15) is 6.33 Å². The van der Waals surface area contributed by atoms with E-state index in [1.807, 2.05) is 12.1 Å². The van der Waals surface area contributed by atoms with Gasteiger partial charge in [-0.3, -0.25) is 0 Å². The van der Waals surface area contributed by atoms with Crippen molar-refractivity contribution in [2.24, 2.45) is 0 Å². The molecule has 4 nitrogen and oxygen atoms in total. The van der Waals surface area contributed by atoms with Crippen LogP contribution in [-0.2, 0) is 4.74 Å². The Balaban J connectivity index is 2.23. The summed E-state index contributed by atoms with van der Waals surface area (Å²) in [6.45, 7) is 2.10. The lowest BCUT2D eigenvalue weighted by molar-refractivity contribution is 0.0520. The lowest BCUT2D eigenvalue weighted by Gasteiger charge is -2.01. The first-order valence-electron chi connectivity index (χ1n) is 5.17. The minimum absolute atomic E-state index is 0.293. The van der Waals surface area contributed by atoms with E-state index >= 15 is 0 Å². The Kier molecular flexibility index (Phi) is 3.44. The zero-order valence-electron chi connectivity index (χ0n) is 9.26. The van der Waals surface area contributed by atoms with Gasteiger partial charge in [0.05, 0.1) is 6.61 Å². The molecule has 17 heavy (non-hydrogen) atoms. The smallest absolute Gasteiger partial charge is 0.358 e. The largest absolute Gasteiger partial charge is 0.461 e. The van der Waals surface area contributed by atoms with E-state index in [4.69, 9.17) is 16.3 Å². The lowest BCUT2D eigenvalue weighted by atomic mass is 10.3. The van der Waals surface area contributed by atoms with Gasteiger partial charge >= 0.3 is 5.97 Å². The number of imidazole rings is 1. The molecule has 0 fully saturated rings. The maximum Gasteiger partial charge on any atom is 0.358 e. The van der Waals surface area contributed by atoms with Gasteiger partial charge in [-0.15, -0.1) is 0 Å². The summed E-state index contributed by atoms with van der Waals surface area (Å²) < 4.78 is 6.60. The summed E-state index contributed by atoms with van der Waals surface area (Å²) in [6, 6.07) is 7.25. The summed E-state index contributed by atoms with van der Waals surface area (Å²) in [5.41, 5.74) is 1.18. The molecule has 5 heteroatoms. The van der Waals surface area contributed by atoms with Crippen molar-refractivity contribution in [2.75, 3.05) is 6.61 Å². The molecule has 2 aromatic rings. The van der Waals surface area contributed by atoms with Crippen LogP contribution in [0.3, 0.4) is 0 Å². The highest BCUT2D eigenvalue weighted by Gasteiger charge is 2.10. The van der Waals surface area contributed by atoms with Crippen LogP contribution in [0.2, 0.25) is 5.02 Å². The highest BCUT2D eigenvalue weighted by molar-refractivity contribution is 6.30. The average molecular weight is 251 g/mol. The molecule has 0 amide bonds. The van der Waals surface area contributed by atoms with E-state index in [-0.39, 0.29) is 0 Å². The van der Waals surface area contributed by atoms with Gasteiger partial charge < -0.3 is 9.30 Å². The fraction of sp³-hybridized carbons (Fsp3) is 0.167. The molecule has 0 unspecified atom stereocenters. The van der Waals surface area contributed by atoms with Crippen molar-refractivity contribution in [1.29, 1.82) is 0 Å². The molecule has 1 aromatic heterocycles. The summed E-state index contributed by atoms with van der Waals surface area (Å²) in [7, 11) is 0. The summed E-state index contributed by atoms with van der Waals surface area (Å²) in [6.07, 6.45) is 3.19. The first-order valence-corrected chi connectivity index (χ1v) is 5.55. The Morgan fingerprint density at radius 2 is 2.12 bits per heavy atom. The van der Waals surface area contributed by atoms with Crippen LogP contribution < -0.4 is 0 Å². The maximum absolute atomic E-state index is 11.4. The average Bonchev–Trinajstić information content (AvgIpc) is 2.80. The molecular weight excluding hydrogens is 240 g/mol. The molecule has 0 atom stereocenters. The highest BCUT2D eigenvalue weighted by atomic mass is 35.5. The van der Waals surface area contributed by atoms with Gasteiger partial charge in [0, 0.05) is 16.9 Å². The molecule has 0 aliphatic rings. The number of nitrogens with zero attached hydrogens (tertiary/aromatic N) is 2. The van der Waals surface area contributed by atoms with Gasteiger partial charge in [0.2, 0.25) is 0 Å². The van der Waals surface area contributed by atoms with Crippen molar-refractivity contribution < 1.29 is 9.53 Å². The van der Waals surface area contributed by atoms with Crippen LogP contribution in [0.25, 0.3) is 5.69 Å². The zero-order chi connectivity index (χ0) is 12.3. The molecule has 2 rings (SSSR count). The lowest BCUT2D eigenvalue weighted by Crippen LogP contribution is -2.04. The van der Waals surface area contributed by atoms with Gasteiger partial charge in [-0.2, -0.15) is 0 Å². The third kappa shape index (κ3) is 2.65. The van der Waals surface area contributed by atoms with Crippen LogP contribution in [0.15, 0.2) is 36.8 Å². The first kappa shape index (κ1) is 11.7. The topological polar surface area (TPSA) is 44.1 Å². The van der Waals surface area contributed by atoms with E-state index in [2.05, 4.69) is 4.98 Å². The Morgan fingerprint density at radius 3 is 2.76 bits per heavy atom. The summed E-state index contributed by atoms with van der Waals surface area (Å²) >= 11 is 5.80. The molecule has 0 saturated carbocycles. The van der Waals surface area contributed by atoms with Crippen LogP contribution in [-0.4, -0.2) is 22.1 Å². The molecule has 0 N–H and O–H groups in total. The van der Waals surface area contributed by atoms with Crippen LogP contribution in [0.4, 0.5) is 0 Å². The van der Waals surface area contributed by atoms with Crippen molar-refractivity contribution >= 4 is 17.6 Å². The summed E-state index contributed by atoms with van der Waals surface area (Å²) in [5.74, 6) is -0.416. The standard InChI is InChI=1S/C12H11ClN2O2/c1-2-17-12(16)11-7-15(8-14-11)10-5-3-9(13)4-6-10/h3-8H,2H2,1H3. The van der Waals surface area contributed by atoms with E-state index in [1.54, 1.807) is 36.1 Å². The maximum atomic E-state index is 11.4. The Bertz CT molecular complexity index is 520. The summed E-state index contributed by atoms with van der Waals surface area (Å²) in [4.78, 5) is 15.4. The molecule has 0 radical (unpaired) electrons. The van der Waals surface area contributed by atoms with Crippen molar-refractivity contribution in [3.05, 3.63) is 47.5 Å². The van der Waals surface area contributed by atoms with E-state index in [0.29, 0.717) is 17.3 Å². The number of benzene rings is 1. The number of halogens is 1. The predicted octanol–water partition coefficient (Wildman–Crippen LogP) is 2.70. The van der Waals surface area contributed by atoms with E-state index in [9.17, 15) is 4.79 Å². The molecule has 0 aliphatic carbocycles. The van der Waals surface area contributed by atoms with E-state index in [0.717, 1.165) is 5.69 Å². The minimum atomic E-state index is -0.416. The predicted molar refractivity (Wildman–Crippen MR) is 64.5 cm³/mol. The van der Waals surface area contributed by atoms with Gasteiger partial charge in [-0.1, -0.05) is 11.6 Å². The van der Waals surface area contributed by atoms with Gasteiger partial charge in [-0.25, -0.2) is 9.78 Å². The molecule has 0 spiro atoms. The number of aromatic nitrogens is 2. The Labute approximate surface area is 104 Å². The number of carbonyl (C=O) groups is 1. The van der Waals surface area contributed by atoms with Crippen LogP contribution in [0.5, 0.6) is 0 Å². The van der Waals surface area contributed by atoms with E-state index in [1.165, 1.54) is 0 Å². The third-order valence-corrected chi connectivity index (χ3v) is 2.44. The Hall–Kier alpha value is -1.81. The van der Waals surface area contributed by atoms with Crippen molar-refractivity contribution in [2.45, 2.75) is 6.92 Å². The minimum Gasteiger partial charge on any atom is -0.461 e. The third-order valence-electron chi connectivity index (χ3n) is 2.19. The molecule has 0 saturated heterocycles. The van der Waals surface area contributed by atoms with Gasteiger partial charge in [-0.05, 0) is 31.2 Å². The summed E-state index contributed by atoms with van der Waals surface area (Å²) in [5, 5.41) is 0.666. The van der Waals surface area contributed by atoms with Crippen molar-refractivity contribution in [3.63, 3.8) is 0 Å². The van der Waals surface area contributed by atoms with Gasteiger partial charge in [0.25, 0.3) is 0 Å². The number of ether oxygens (including phenoxy) is 1. The second-order valence-electron chi connectivity index (χ2n) is 3.36. The quantitative estimate of drug-likeness (QED) is 0.787. The van der Waals surface area contributed by atoms with Crippen LogP contribution >= 0.6 is 11.6 Å². The van der Waals surface area contributed by atoms with Crippen LogP contribution in [0.1, 0.15) is 17.4 Å². The first-order chi connectivity index (χ1) is 8.20. The molecule has 1 aromatic carbocycles. The number of hydrogen-bond acceptors (Lipinski definition) is 3. The molecular formula is C12H11ClN2O2. The van der Waals surface area contributed by atoms with Crippen molar-refractivity contribution in [3.8, 4) is 5.69 Å². The number of rotatable bonds is 3. The zero-order valence-corrected chi connectivity index (χ0v) is 10.0. The monoisotopic (exact) mass is 250 g/mol. The Morgan fingerprint density at radius 1 is 1.41 bits per heavy atom. The molecule has 0 aliphatic heterocycles. The van der Waals surface area contributed by atoms with Crippen molar-refractivity contribution in [1.82, 2.24) is 9.55 Å². The van der Waals surface area contributed by atoms with Gasteiger partial charge in [0.15, 0.2) is 5.69 Å². The number of esters is 1. The highest BCUT2D eigenvalue weighted by Crippen LogP contribution is 2.13. The van der Waals surface area contributed by atoms with Crippen LogP contribution in [0, 0.1) is 0 Å². The normalized spacial score (nSPS) is 10.2. The fourth-order valence-corrected chi connectivity index (χ4v) is 1.51. The molecule has 88 valence electrons. The number of hydrogen-bond donors (Lipinski definition) is 0. The molecule has 0 bridgehead atoms.